The van der Waals surface area contributed by atoms with Crippen LogP contribution in [0, 0.1) is 0 Å². The summed E-state index contributed by atoms with van der Waals surface area (Å²) < 4.78 is 43.6. The molecule has 0 bridgehead atoms. The molecule has 0 unspecified atom stereocenters. The van der Waals surface area contributed by atoms with E-state index in [1.165, 1.54) is 0 Å². The maximum Gasteiger partial charge on any atom is 0.406 e. The van der Waals surface area contributed by atoms with E-state index in [0.29, 0.717) is 19.4 Å². The molecule has 0 spiro atoms. The highest BCUT2D eigenvalue weighted by Gasteiger charge is 2.41. The number of nitrogens with zero attached hydrogens (tertiary/aromatic N) is 1. The molecule has 0 saturated heterocycles. The molecule has 22 heavy (non-hydrogen) atoms. The zero-order chi connectivity index (χ0) is 15.7. The number of fused-ring (bicyclic) bond motifs is 1. The van der Waals surface area contributed by atoms with Crippen molar-refractivity contribution in [2.45, 2.75) is 44.0 Å². The van der Waals surface area contributed by atoms with Crippen LogP contribution in [0.5, 0.6) is 0 Å². The SMILES string of the molecule is O=C(C[C@H]1OCCc2ccccc21)N(CC(F)(F)F)C1CC1. The van der Waals surface area contributed by atoms with Crippen LogP contribution >= 0.6 is 0 Å². The van der Waals surface area contributed by atoms with E-state index in [1.807, 2.05) is 24.3 Å². The molecule has 3 rings (SSSR count). The summed E-state index contributed by atoms with van der Waals surface area (Å²) in [6, 6.07) is 7.39. The maximum absolute atomic E-state index is 12.6. The van der Waals surface area contributed by atoms with E-state index in [0.717, 1.165) is 22.4 Å². The van der Waals surface area contributed by atoms with Crippen molar-refractivity contribution in [3.05, 3.63) is 35.4 Å². The lowest BCUT2D eigenvalue weighted by molar-refractivity contribution is -0.164. The molecule has 1 saturated carbocycles. The Labute approximate surface area is 127 Å². The predicted molar refractivity (Wildman–Crippen MR) is 74.2 cm³/mol. The number of amides is 1. The summed E-state index contributed by atoms with van der Waals surface area (Å²) in [4.78, 5) is 13.3. The topological polar surface area (TPSA) is 29.5 Å². The molecule has 1 atom stereocenters. The molecule has 0 radical (unpaired) electrons. The van der Waals surface area contributed by atoms with Gasteiger partial charge in [-0.25, -0.2) is 0 Å². The first kappa shape index (κ1) is 15.3. The van der Waals surface area contributed by atoms with Crippen molar-refractivity contribution < 1.29 is 22.7 Å². The van der Waals surface area contributed by atoms with E-state index in [4.69, 9.17) is 4.74 Å². The third kappa shape index (κ3) is 3.61. The summed E-state index contributed by atoms with van der Waals surface area (Å²) in [6.45, 7) is -0.664. The standard InChI is InChI=1S/C16H18F3NO2/c17-16(18,19)10-20(12-5-6-12)15(21)9-14-13-4-2-1-3-11(13)7-8-22-14/h1-4,12,14H,5-10H2/t14-/m1/s1. The minimum atomic E-state index is -4.36. The minimum absolute atomic E-state index is 0.0242. The largest absolute Gasteiger partial charge is 0.406 e. The van der Waals surface area contributed by atoms with Crippen LogP contribution in [-0.4, -0.2) is 36.2 Å². The molecule has 120 valence electrons. The molecule has 1 fully saturated rings. The van der Waals surface area contributed by atoms with Crippen molar-refractivity contribution in [1.82, 2.24) is 4.90 Å². The number of ether oxygens (including phenoxy) is 1. The molecule has 6 heteroatoms. The fraction of sp³-hybridized carbons (Fsp3) is 0.562. The molecule has 0 N–H and O–H groups in total. The molecular weight excluding hydrogens is 295 g/mol. The molecule has 1 heterocycles. The lowest BCUT2D eigenvalue weighted by atomic mass is 9.95. The predicted octanol–water partition coefficient (Wildman–Crippen LogP) is 3.24. The van der Waals surface area contributed by atoms with Crippen molar-refractivity contribution in [3.63, 3.8) is 0 Å². The second kappa shape index (κ2) is 5.91. The normalized spacial score (nSPS) is 21.3. The number of hydrogen-bond acceptors (Lipinski definition) is 2. The Morgan fingerprint density at radius 1 is 1.27 bits per heavy atom. The first-order valence-electron chi connectivity index (χ1n) is 7.49. The van der Waals surface area contributed by atoms with Gasteiger partial charge in [-0.3, -0.25) is 4.79 Å². The van der Waals surface area contributed by atoms with Gasteiger partial charge in [0, 0.05) is 6.04 Å². The zero-order valence-electron chi connectivity index (χ0n) is 12.1. The molecule has 2 aliphatic rings. The highest BCUT2D eigenvalue weighted by Crippen LogP contribution is 2.34. The lowest BCUT2D eigenvalue weighted by Gasteiger charge is -2.29. The number of alkyl halides is 3. The lowest BCUT2D eigenvalue weighted by Crippen LogP contribution is -2.41. The van der Waals surface area contributed by atoms with Crippen molar-refractivity contribution in [2.75, 3.05) is 13.2 Å². The number of halogens is 3. The van der Waals surface area contributed by atoms with Gasteiger partial charge in [0.1, 0.15) is 6.54 Å². The van der Waals surface area contributed by atoms with Gasteiger partial charge >= 0.3 is 6.18 Å². The molecule has 3 nitrogen and oxygen atoms in total. The Kier molecular flexibility index (Phi) is 4.12. The van der Waals surface area contributed by atoms with Crippen molar-refractivity contribution >= 4 is 5.91 Å². The molecule has 1 aromatic rings. The maximum atomic E-state index is 12.6. The van der Waals surface area contributed by atoms with E-state index in [-0.39, 0.29) is 12.5 Å². The van der Waals surface area contributed by atoms with Gasteiger partial charge < -0.3 is 9.64 Å². The highest BCUT2D eigenvalue weighted by molar-refractivity contribution is 5.77. The summed E-state index contributed by atoms with van der Waals surface area (Å²) in [6.07, 6.45) is -2.73. The van der Waals surface area contributed by atoms with Crippen LogP contribution in [0.2, 0.25) is 0 Å². The van der Waals surface area contributed by atoms with E-state index < -0.39 is 24.7 Å². The molecule has 1 aromatic carbocycles. The summed E-state index contributed by atoms with van der Waals surface area (Å²) in [7, 11) is 0. The zero-order valence-corrected chi connectivity index (χ0v) is 12.1. The quantitative estimate of drug-likeness (QED) is 0.854. The second-order valence-corrected chi connectivity index (χ2v) is 5.88. The number of rotatable bonds is 4. The van der Waals surface area contributed by atoms with Gasteiger partial charge in [0.05, 0.1) is 19.1 Å². The Balaban J connectivity index is 1.71. The number of hydrogen-bond donors (Lipinski definition) is 0. The molecular formula is C16H18F3NO2. The van der Waals surface area contributed by atoms with Crippen LogP contribution in [0.15, 0.2) is 24.3 Å². The van der Waals surface area contributed by atoms with Crippen LogP contribution in [-0.2, 0) is 16.0 Å². The van der Waals surface area contributed by atoms with E-state index in [9.17, 15) is 18.0 Å². The van der Waals surface area contributed by atoms with Gasteiger partial charge in [0.15, 0.2) is 0 Å². The average Bonchev–Trinajstić information content (AvgIpc) is 3.29. The second-order valence-electron chi connectivity index (χ2n) is 5.88. The van der Waals surface area contributed by atoms with Crippen LogP contribution in [0.4, 0.5) is 13.2 Å². The monoisotopic (exact) mass is 313 g/mol. The van der Waals surface area contributed by atoms with Gasteiger partial charge in [-0.15, -0.1) is 0 Å². The van der Waals surface area contributed by atoms with Crippen molar-refractivity contribution in [3.8, 4) is 0 Å². The van der Waals surface area contributed by atoms with Crippen molar-refractivity contribution in [2.24, 2.45) is 0 Å². The average molecular weight is 313 g/mol. The first-order valence-corrected chi connectivity index (χ1v) is 7.49. The van der Waals surface area contributed by atoms with Crippen LogP contribution in [0.3, 0.4) is 0 Å². The molecule has 1 amide bonds. The van der Waals surface area contributed by atoms with Crippen molar-refractivity contribution in [1.29, 1.82) is 0 Å². The van der Waals surface area contributed by atoms with Crippen LogP contribution < -0.4 is 0 Å². The number of carbonyl (C=O) groups excluding carboxylic acids is 1. The highest BCUT2D eigenvalue weighted by atomic mass is 19.4. The summed E-state index contributed by atoms with van der Waals surface area (Å²) in [5.41, 5.74) is 2.03. The molecule has 1 aliphatic heterocycles. The van der Waals surface area contributed by atoms with E-state index in [1.54, 1.807) is 0 Å². The number of carbonyl (C=O) groups is 1. The minimum Gasteiger partial charge on any atom is -0.373 e. The Morgan fingerprint density at radius 3 is 2.68 bits per heavy atom. The first-order chi connectivity index (χ1) is 10.4. The van der Waals surface area contributed by atoms with Gasteiger partial charge in [0.25, 0.3) is 0 Å². The van der Waals surface area contributed by atoms with Gasteiger partial charge in [0.2, 0.25) is 5.91 Å². The Bertz CT molecular complexity index is 555. The molecule has 1 aliphatic carbocycles. The summed E-state index contributed by atoms with van der Waals surface area (Å²) in [5, 5.41) is 0. The number of benzene rings is 1. The van der Waals surface area contributed by atoms with E-state index >= 15 is 0 Å². The van der Waals surface area contributed by atoms with E-state index in [2.05, 4.69) is 0 Å². The Morgan fingerprint density at radius 2 is 2.00 bits per heavy atom. The van der Waals surface area contributed by atoms with Crippen LogP contribution in [0.25, 0.3) is 0 Å². The van der Waals surface area contributed by atoms with Gasteiger partial charge in [-0.1, -0.05) is 24.3 Å². The fourth-order valence-electron chi connectivity index (χ4n) is 2.92. The third-order valence-electron chi connectivity index (χ3n) is 4.11. The summed E-state index contributed by atoms with van der Waals surface area (Å²) >= 11 is 0. The molecule has 0 aromatic heterocycles. The van der Waals surface area contributed by atoms with Gasteiger partial charge in [-0.05, 0) is 30.4 Å². The third-order valence-corrected chi connectivity index (χ3v) is 4.11. The summed E-state index contributed by atoms with van der Waals surface area (Å²) in [5.74, 6) is -0.471. The Hall–Kier alpha value is -1.56. The van der Waals surface area contributed by atoms with Crippen LogP contribution in [0.1, 0.15) is 36.5 Å². The smallest absolute Gasteiger partial charge is 0.373 e. The fourth-order valence-corrected chi connectivity index (χ4v) is 2.92. The van der Waals surface area contributed by atoms with Gasteiger partial charge in [-0.2, -0.15) is 13.2 Å².